The standard InChI is InChI=1S/C10H15N3O3/c11-7-9-8-13(3-6-16-9)10(14)12-1-4-15-5-2-12/h9H,1-6,8H2. The van der Waals surface area contributed by atoms with E-state index in [0.29, 0.717) is 46.0 Å². The number of morpholine rings is 2. The van der Waals surface area contributed by atoms with Crippen molar-refractivity contribution < 1.29 is 14.3 Å². The van der Waals surface area contributed by atoms with Crippen LogP contribution in [0.2, 0.25) is 0 Å². The molecule has 0 saturated carbocycles. The molecule has 2 fully saturated rings. The van der Waals surface area contributed by atoms with Gasteiger partial charge in [-0.1, -0.05) is 0 Å². The van der Waals surface area contributed by atoms with E-state index < -0.39 is 6.10 Å². The molecular formula is C10H15N3O3. The van der Waals surface area contributed by atoms with Gasteiger partial charge in [0.05, 0.1) is 32.4 Å². The van der Waals surface area contributed by atoms with Crippen LogP contribution in [0.1, 0.15) is 0 Å². The number of ether oxygens (including phenoxy) is 2. The van der Waals surface area contributed by atoms with Crippen molar-refractivity contribution >= 4 is 6.03 Å². The van der Waals surface area contributed by atoms with Crippen LogP contribution in [0.3, 0.4) is 0 Å². The van der Waals surface area contributed by atoms with Crippen LogP contribution in [-0.2, 0) is 9.47 Å². The molecule has 88 valence electrons. The second-order valence-corrected chi connectivity index (χ2v) is 3.82. The number of amides is 2. The molecule has 0 aromatic carbocycles. The maximum Gasteiger partial charge on any atom is 0.320 e. The van der Waals surface area contributed by atoms with Crippen molar-refractivity contribution in [1.29, 1.82) is 5.26 Å². The Hall–Kier alpha value is -1.32. The summed E-state index contributed by atoms with van der Waals surface area (Å²) in [7, 11) is 0. The summed E-state index contributed by atoms with van der Waals surface area (Å²) < 4.78 is 10.4. The molecular weight excluding hydrogens is 210 g/mol. The fourth-order valence-corrected chi connectivity index (χ4v) is 1.86. The van der Waals surface area contributed by atoms with E-state index in [2.05, 4.69) is 0 Å². The number of carbonyl (C=O) groups excluding carboxylic acids is 1. The van der Waals surface area contributed by atoms with Crippen molar-refractivity contribution in [2.24, 2.45) is 0 Å². The Bertz CT molecular complexity index is 296. The first kappa shape index (κ1) is 11.2. The molecule has 0 aliphatic carbocycles. The fraction of sp³-hybridized carbons (Fsp3) is 0.800. The number of nitriles is 1. The van der Waals surface area contributed by atoms with Gasteiger partial charge >= 0.3 is 6.03 Å². The molecule has 16 heavy (non-hydrogen) atoms. The maximum atomic E-state index is 12.0. The molecule has 2 aliphatic heterocycles. The predicted molar refractivity (Wildman–Crippen MR) is 54.7 cm³/mol. The molecule has 2 saturated heterocycles. The van der Waals surface area contributed by atoms with E-state index in [9.17, 15) is 4.79 Å². The lowest BCUT2D eigenvalue weighted by Crippen LogP contribution is -2.53. The number of nitrogens with zero attached hydrogens (tertiary/aromatic N) is 3. The summed E-state index contributed by atoms with van der Waals surface area (Å²) in [6.07, 6.45) is -0.487. The van der Waals surface area contributed by atoms with Gasteiger partial charge in [-0.25, -0.2) is 4.79 Å². The number of rotatable bonds is 0. The summed E-state index contributed by atoms with van der Waals surface area (Å²) in [6.45, 7) is 3.83. The normalized spacial score (nSPS) is 26.3. The average molecular weight is 225 g/mol. The van der Waals surface area contributed by atoms with Gasteiger partial charge in [-0.15, -0.1) is 0 Å². The van der Waals surface area contributed by atoms with E-state index in [1.165, 1.54) is 0 Å². The fourth-order valence-electron chi connectivity index (χ4n) is 1.86. The van der Waals surface area contributed by atoms with E-state index in [-0.39, 0.29) is 6.03 Å². The average Bonchev–Trinajstić information content (AvgIpc) is 2.39. The van der Waals surface area contributed by atoms with Gasteiger partial charge in [-0.2, -0.15) is 5.26 Å². The minimum atomic E-state index is -0.487. The van der Waals surface area contributed by atoms with Crippen molar-refractivity contribution in [2.75, 3.05) is 46.0 Å². The van der Waals surface area contributed by atoms with Gasteiger partial charge in [0.25, 0.3) is 0 Å². The lowest BCUT2D eigenvalue weighted by atomic mass is 10.3. The van der Waals surface area contributed by atoms with Crippen molar-refractivity contribution in [3.8, 4) is 6.07 Å². The van der Waals surface area contributed by atoms with Crippen molar-refractivity contribution in [2.45, 2.75) is 6.10 Å². The quantitative estimate of drug-likeness (QED) is 0.566. The molecule has 6 nitrogen and oxygen atoms in total. The first-order valence-corrected chi connectivity index (χ1v) is 5.44. The third kappa shape index (κ3) is 2.43. The van der Waals surface area contributed by atoms with Crippen LogP contribution in [0, 0.1) is 11.3 Å². The van der Waals surface area contributed by atoms with Crippen LogP contribution >= 0.6 is 0 Å². The highest BCUT2D eigenvalue weighted by molar-refractivity contribution is 5.74. The molecule has 2 heterocycles. The summed E-state index contributed by atoms with van der Waals surface area (Å²) in [5.74, 6) is 0. The van der Waals surface area contributed by atoms with Crippen molar-refractivity contribution in [3.63, 3.8) is 0 Å². The highest BCUT2D eigenvalue weighted by Gasteiger charge is 2.28. The van der Waals surface area contributed by atoms with Crippen LogP contribution in [0.15, 0.2) is 0 Å². The van der Waals surface area contributed by atoms with Crippen LogP contribution in [0.25, 0.3) is 0 Å². The zero-order chi connectivity index (χ0) is 11.4. The Labute approximate surface area is 94.3 Å². The number of carbonyl (C=O) groups is 1. The minimum absolute atomic E-state index is 0.00755. The third-order valence-corrected chi connectivity index (χ3v) is 2.76. The molecule has 6 heteroatoms. The molecule has 0 bridgehead atoms. The van der Waals surface area contributed by atoms with Crippen LogP contribution in [-0.4, -0.2) is 67.9 Å². The minimum Gasteiger partial charge on any atom is -0.378 e. The van der Waals surface area contributed by atoms with Crippen LogP contribution in [0.5, 0.6) is 0 Å². The Kier molecular flexibility index (Phi) is 3.59. The van der Waals surface area contributed by atoms with E-state index in [1.807, 2.05) is 6.07 Å². The predicted octanol–water partition coefficient (Wildman–Crippen LogP) is -0.337. The summed E-state index contributed by atoms with van der Waals surface area (Å²) in [5, 5.41) is 8.75. The SMILES string of the molecule is N#CC1CN(C(=O)N2CCOCC2)CCO1. The molecule has 1 unspecified atom stereocenters. The van der Waals surface area contributed by atoms with Crippen LogP contribution in [0.4, 0.5) is 4.79 Å². The monoisotopic (exact) mass is 225 g/mol. The molecule has 0 spiro atoms. The number of urea groups is 1. The molecule has 0 radical (unpaired) electrons. The highest BCUT2D eigenvalue weighted by atomic mass is 16.5. The molecule has 2 amide bonds. The van der Waals surface area contributed by atoms with Crippen molar-refractivity contribution in [3.05, 3.63) is 0 Å². The Balaban J connectivity index is 1.90. The number of hydrogen-bond acceptors (Lipinski definition) is 4. The summed E-state index contributed by atoms with van der Waals surface area (Å²) >= 11 is 0. The zero-order valence-electron chi connectivity index (χ0n) is 9.09. The van der Waals surface area contributed by atoms with E-state index >= 15 is 0 Å². The summed E-state index contributed by atoms with van der Waals surface area (Å²) in [5.41, 5.74) is 0. The molecule has 0 aromatic heterocycles. The molecule has 0 N–H and O–H groups in total. The van der Waals surface area contributed by atoms with Gasteiger partial charge in [0.1, 0.15) is 0 Å². The van der Waals surface area contributed by atoms with E-state index in [0.717, 1.165) is 0 Å². The number of hydrogen-bond donors (Lipinski definition) is 0. The lowest BCUT2D eigenvalue weighted by Gasteiger charge is -2.35. The second-order valence-electron chi connectivity index (χ2n) is 3.82. The van der Waals surface area contributed by atoms with Gasteiger partial charge < -0.3 is 19.3 Å². The zero-order valence-corrected chi connectivity index (χ0v) is 9.09. The maximum absolute atomic E-state index is 12.0. The van der Waals surface area contributed by atoms with E-state index in [4.69, 9.17) is 14.7 Å². The second kappa shape index (κ2) is 5.14. The Morgan fingerprint density at radius 3 is 2.56 bits per heavy atom. The smallest absolute Gasteiger partial charge is 0.320 e. The highest BCUT2D eigenvalue weighted by Crippen LogP contribution is 2.09. The first-order chi connectivity index (χ1) is 7.81. The molecule has 1 atom stereocenters. The van der Waals surface area contributed by atoms with E-state index in [1.54, 1.807) is 9.80 Å². The summed E-state index contributed by atoms with van der Waals surface area (Å²) in [6, 6.07) is 2.02. The Morgan fingerprint density at radius 1 is 1.19 bits per heavy atom. The van der Waals surface area contributed by atoms with Gasteiger partial charge in [0, 0.05) is 19.6 Å². The Morgan fingerprint density at radius 2 is 1.88 bits per heavy atom. The first-order valence-electron chi connectivity index (χ1n) is 5.44. The van der Waals surface area contributed by atoms with Gasteiger partial charge in [-0.05, 0) is 0 Å². The lowest BCUT2D eigenvalue weighted by molar-refractivity contribution is -0.00240. The van der Waals surface area contributed by atoms with Gasteiger partial charge in [0.15, 0.2) is 6.10 Å². The van der Waals surface area contributed by atoms with Gasteiger partial charge in [0.2, 0.25) is 0 Å². The largest absolute Gasteiger partial charge is 0.378 e. The van der Waals surface area contributed by atoms with Gasteiger partial charge in [-0.3, -0.25) is 0 Å². The van der Waals surface area contributed by atoms with Crippen LogP contribution < -0.4 is 0 Å². The summed E-state index contributed by atoms with van der Waals surface area (Å²) in [4.78, 5) is 15.5. The topological polar surface area (TPSA) is 65.8 Å². The molecule has 0 aromatic rings. The molecule has 2 rings (SSSR count). The van der Waals surface area contributed by atoms with Crippen molar-refractivity contribution in [1.82, 2.24) is 9.80 Å². The third-order valence-electron chi connectivity index (χ3n) is 2.76. The molecule has 2 aliphatic rings.